The number of nitrogens with one attached hydrogen (secondary N) is 3. The van der Waals surface area contributed by atoms with E-state index in [1.165, 1.54) is 101 Å². The summed E-state index contributed by atoms with van der Waals surface area (Å²) in [4.78, 5) is 64.4. The molecule has 314 valence electrons. The lowest BCUT2D eigenvalue weighted by atomic mass is 9.87. The van der Waals surface area contributed by atoms with E-state index in [1.807, 2.05) is 42.2 Å². The van der Waals surface area contributed by atoms with Gasteiger partial charge in [-0.05, 0) is 50.0 Å². The number of amides is 5. The third-order valence-corrected chi connectivity index (χ3v) is 12.1. The van der Waals surface area contributed by atoms with Crippen LogP contribution < -0.4 is 20.9 Å². The van der Waals surface area contributed by atoms with Crippen LogP contribution >= 0.6 is 0 Å². The van der Waals surface area contributed by atoms with Gasteiger partial charge >= 0.3 is 6.03 Å². The molecule has 2 aliphatic heterocycles. The van der Waals surface area contributed by atoms with Crippen LogP contribution in [0.25, 0.3) is 0 Å². The number of hydrogen-bond donors (Lipinski definition) is 3. The summed E-state index contributed by atoms with van der Waals surface area (Å²) < 4.78 is 6.00. The van der Waals surface area contributed by atoms with Gasteiger partial charge in [0.25, 0.3) is 11.8 Å². The van der Waals surface area contributed by atoms with Crippen LogP contribution in [-0.4, -0.2) is 82.5 Å². The van der Waals surface area contributed by atoms with E-state index >= 15 is 0 Å². The quantitative estimate of drug-likeness (QED) is 0.175. The van der Waals surface area contributed by atoms with Crippen molar-refractivity contribution < 1.29 is 23.9 Å². The van der Waals surface area contributed by atoms with Gasteiger partial charge in [-0.1, -0.05) is 128 Å². The number of imide groups is 1. The zero-order valence-corrected chi connectivity index (χ0v) is 35.0. The molecule has 1 spiro atoms. The van der Waals surface area contributed by atoms with Crippen LogP contribution in [0.3, 0.4) is 0 Å². The predicted molar refractivity (Wildman–Crippen MR) is 224 cm³/mol. The Hall–Kier alpha value is -4.06. The first-order valence-corrected chi connectivity index (χ1v) is 22.0. The molecule has 2 unspecified atom stereocenters. The highest BCUT2D eigenvalue weighted by molar-refractivity contribution is 6.07. The topological polar surface area (TPSA) is 146 Å². The second-order valence-electron chi connectivity index (χ2n) is 17.5. The molecule has 1 aromatic heterocycles. The molecule has 2 saturated heterocycles. The molecule has 3 heterocycles. The lowest BCUT2D eigenvalue weighted by molar-refractivity contribution is -0.132. The summed E-state index contributed by atoms with van der Waals surface area (Å²) in [5, 5.41) is 9.35. The van der Waals surface area contributed by atoms with Crippen molar-refractivity contribution in [2.24, 2.45) is 11.8 Å². The van der Waals surface area contributed by atoms with Gasteiger partial charge in [0.2, 0.25) is 11.9 Å². The van der Waals surface area contributed by atoms with Crippen LogP contribution in [0.5, 0.6) is 0 Å². The molecule has 3 aliphatic rings. The molecule has 0 bridgehead atoms. The molecule has 1 aromatic carbocycles. The fourth-order valence-electron chi connectivity index (χ4n) is 8.50. The van der Waals surface area contributed by atoms with Crippen molar-refractivity contribution in [2.75, 3.05) is 37.7 Å². The van der Waals surface area contributed by atoms with E-state index in [2.05, 4.69) is 39.8 Å². The third-order valence-electron chi connectivity index (χ3n) is 12.1. The van der Waals surface area contributed by atoms with E-state index in [4.69, 9.17) is 4.74 Å². The largest absolute Gasteiger partial charge is 0.381 e. The summed E-state index contributed by atoms with van der Waals surface area (Å²) in [6, 6.07) is 9.14. The van der Waals surface area contributed by atoms with E-state index < -0.39 is 5.54 Å². The number of anilines is 1. The first kappa shape index (κ1) is 44.1. The van der Waals surface area contributed by atoms with Gasteiger partial charge in [0.15, 0.2) is 0 Å². The monoisotopic (exact) mass is 788 g/mol. The Morgan fingerprint density at radius 3 is 1.91 bits per heavy atom. The minimum atomic E-state index is -0.918. The Labute approximate surface area is 341 Å². The van der Waals surface area contributed by atoms with Crippen molar-refractivity contribution in [2.45, 2.75) is 154 Å². The maximum atomic E-state index is 13.4. The van der Waals surface area contributed by atoms with Gasteiger partial charge < -0.3 is 25.6 Å². The molecule has 5 amide bonds. The highest BCUT2D eigenvalue weighted by Gasteiger charge is 2.52. The second-order valence-corrected chi connectivity index (χ2v) is 17.5. The fourth-order valence-corrected chi connectivity index (χ4v) is 8.50. The molecule has 1 aliphatic carbocycles. The van der Waals surface area contributed by atoms with E-state index in [1.54, 1.807) is 0 Å². The first-order chi connectivity index (χ1) is 27.6. The Kier molecular flexibility index (Phi) is 17.1. The fraction of sp³-hybridized carbons (Fsp3) is 0.689. The SMILES string of the molecule is CC(CNC(=O)c1cnc(N2CCC3(CC2)NC(=O)N(Cc2ccccc2)C3=O)nc1)COCC(C)CC(=O)NC1(C)CCCCCCCCCCCCCCC1. The zero-order chi connectivity index (χ0) is 40.5. The second kappa shape index (κ2) is 22.2. The molecule has 3 fully saturated rings. The highest BCUT2D eigenvalue weighted by atomic mass is 16.5. The van der Waals surface area contributed by atoms with Crippen LogP contribution in [0.2, 0.25) is 0 Å². The van der Waals surface area contributed by atoms with Gasteiger partial charge in [0, 0.05) is 50.6 Å². The Balaban J connectivity index is 0.972. The van der Waals surface area contributed by atoms with Crippen molar-refractivity contribution in [3.63, 3.8) is 0 Å². The average Bonchev–Trinajstić information content (AvgIpc) is 3.42. The number of benzene rings is 1. The number of carbonyl (C=O) groups excluding carboxylic acids is 4. The summed E-state index contributed by atoms with van der Waals surface area (Å²) in [5.74, 6) is 0.318. The predicted octanol–water partition coefficient (Wildman–Crippen LogP) is 7.72. The van der Waals surface area contributed by atoms with Gasteiger partial charge in [-0.2, -0.15) is 0 Å². The summed E-state index contributed by atoms with van der Waals surface area (Å²) in [5.41, 5.74) is 0.201. The smallest absolute Gasteiger partial charge is 0.325 e. The van der Waals surface area contributed by atoms with Crippen LogP contribution in [0, 0.1) is 11.8 Å². The minimum absolute atomic E-state index is 0.0792. The standard InChI is InChI=1S/C45H69N7O5/c1-35(28-39(53)49-44(3)22-18-13-11-9-7-5-4-6-8-10-12-14-19-23-44)33-57-34-36(2)29-46-40(54)38-30-47-42(48-31-38)51-26-24-45(25-27-51)41(55)52(43(56)50-45)32-37-20-16-15-17-21-37/h15-17,20-21,30-31,35-36H,4-14,18-19,22-29,32-34H2,1-3H3,(H,46,54)(H,49,53)(H,50,56). The van der Waals surface area contributed by atoms with Crippen molar-refractivity contribution >= 4 is 29.7 Å². The summed E-state index contributed by atoms with van der Waals surface area (Å²) in [6.07, 6.45) is 23.4. The average molecular weight is 788 g/mol. The lowest BCUT2D eigenvalue weighted by Crippen LogP contribution is -2.55. The zero-order valence-electron chi connectivity index (χ0n) is 35.0. The number of urea groups is 1. The highest BCUT2D eigenvalue weighted by Crippen LogP contribution is 2.32. The Morgan fingerprint density at radius 2 is 1.33 bits per heavy atom. The number of aromatic nitrogens is 2. The van der Waals surface area contributed by atoms with Crippen LogP contribution in [-0.2, 0) is 20.9 Å². The molecule has 2 aromatic rings. The summed E-state index contributed by atoms with van der Waals surface area (Å²) in [7, 11) is 0. The normalized spacial score (nSPS) is 20.8. The summed E-state index contributed by atoms with van der Waals surface area (Å²) in [6.45, 7) is 8.97. The minimum Gasteiger partial charge on any atom is -0.381 e. The molecule has 0 radical (unpaired) electrons. The molecular formula is C45H69N7O5. The number of nitrogens with zero attached hydrogens (tertiary/aromatic N) is 4. The van der Waals surface area contributed by atoms with Crippen LogP contribution in [0.15, 0.2) is 42.7 Å². The van der Waals surface area contributed by atoms with Gasteiger partial charge in [-0.3, -0.25) is 19.3 Å². The van der Waals surface area contributed by atoms with E-state index in [0.29, 0.717) is 63.6 Å². The number of rotatable bonds is 13. The molecule has 57 heavy (non-hydrogen) atoms. The molecule has 2 atom stereocenters. The molecule has 12 heteroatoms. The number of piperidine rings is 1. The van der Waals surface area contributed by atoms with Crippen molar-refractivity contribution in [3.05, 3.63) is 53.9 Å². The van der Waals surface area contributed by atoms with Crippen molar-refractivity contribution in [1.29, 1.82) is 0 Å². The van der Waals surface area contributed by atoms with E-state index in [0.717, 1.165) is 18.4 Å². The van der Waals surface area contributed by atoms with Crippen molar-refractivity contribution in [1.82, 2.24) is 30.8 Å². The lowest BCUT2D eigenvalue weighted by Gasteiger charge is -2.37. The molecule has 12 nitrogen and oxygen atoms in total. The first-order valence-electron chi connectivity index (χ1n) is 22.0. The van der Waals surface area contributed by atoms with Gasteiger partial charge in [0.05, 0.1) is 18.7 Å². The Morgan fingerprint density at radius 1 is 0.789 bits per heavy atom. The van der Waals surface area contributed by atoms with E-state index in [-0.39, 0.29) is 47.7 Å². The molecule has 3 N–H and O–H groups in total. The van der Waals surface area contributed by atoms with E-state index in [9.17, 15) is 19.2 Å². The number of hydrogen-bond acceptors (Lipinski definition) is 8. The van der Waals surface area contributed by atoms with Gasteiger partial charge in [-0.25, -0.2) is 14.8 Å². The maximum Gasteiger partial charge on any atom is 0.325 e. The number of ether oxygens (including phenoxy) is 1. The number of carbonyl (C=O) groups is 4. The van der Waals surface area contributed by atoms with Gasteiger partial charge in [-0.15, -0.1) is 0 Å². The van der Waals surface area contributed by atoms with Crippen molar-refractivity contribution in [3.8, 4) is 0 Å². The summed E-state index contributed by atoms with van der Waals surface area (Å²) >= 11 is 0. The molecular weight excluding hydrogens is 719 g/mol. The van der Waals surface area contributed by atoms with Crippen LogP contribution in [0.1, 0.15) is 152 Å². The Bertz CT molecular complexity index is 1550. The maximum absolute atomic E-state index is 13.4. The van der Waals surface area contributed by atoms with Gasteiger partial charge in [0.1, 0.15) is 5.54 Å². The molecule has 5 rings (SSSR count). The third kappa shape index (κ3) is 13.8. The molecule has 1 saturated carbocycles. The van der Waals surface area contributed by atoms with Crippen LogP contribution in [0.4, 0.5) is 10.7 Å².